The van der Waals surface area contributed by atoms with Crippen molar-refractivity contribution < 1.29 is 24.5 Å². The molecule has 0 unspecified atom stereocenters. The number of aryl methyl sites for hydroxylation is 3. The maximum atomic E-state index is 6.21. The number of rotatable bonds is 3. The predicted molar refractivity (Wildman–Crippen MR) is 198 cm³/mol. The second kappa shape index (κ2) is 13.9. The van der Waals surface area contributed by atoms with Gasteiger partial charge in [-0.05, 0) is 94.4 Å². The summed E-state index contributed by atoms with van der Waals surface area (Å²) >= 11 is 0. The van der Waals surface area contributed by atoms with Gasteiger partial charge in [0.15, 0.2) is 0 Å². The fourth-order valence-electron chi connectivity index (χ4n) is 5.94. The van der Waals surface area contributed by atoms with Gasteiger partial charge in [0.25, 0.3) is 0 Å². The van der Waals surface area contributed by atoms with Gasteiger partial charge in [-0.25, -0.2) is 4.98 Å². The molecule has 0 fully saturated rings. The Balaban J connectivity index is 0.000000250. The van der Waals surface area contributed by atoms with Crippen molar-refractivity contribution in [2.24, 2.45) is 0 Å². The van der Waals surface area contributed by atoms with Crippen LogP contribution in [-0.4, -0.2) is 15.0 Å². The van der Waals surface area contributed by atoms with Crippen LogP contribution in [0.4, 0.5) is 0 Å². The van der Waals surface area contributed by atoms with E-state index in [1.807, 2.05) is 74.8 Å². The first kappa shape index (κ1) is 33.9. The SMILES string of the molecule is Cc1ccc(-c2[c-]cccc2)nc1.Cc1ccc2c(n1)oc1c(-c3cc(-c4ccc5cc(C(C)(C)C)ccc5c4)c(C)cn3)[c-]ccc12.[Ir]. The van der Waals surface area contributed by atoms with Crippen LogP contribution >= 0.6 is 0 Å². The summed E-state index contributed by atoms with van der Waals surface area (Å²) in [5.74, 6) is 0. The van der Waals surface area contributed by atoms with E-state index in [1.54, 1.807) is 0 Å². The summed E-state index contributed by atoms with van der Waals surface area (Å²) in [6.07, 6.45) is 3.81. The molecule has 0 saturated carbocycles. The van der Waals surface area contributed by atoms with Crippen molar-refractivity contribution in [3.05, 3.63) is 150 Å². The van der Waals surface area contributed by atoms with E-state index in [0.717, 1.165) is 55.7 Å². The molecule has 0 amide bonds. The Bertz CT molecular complexity index is 2410. The molecule has 245 valence electrons. The molecular formula is C44H37IrN3O-2. The van der Waals surface area contributed by atoms with Crippen molar-refractivity contribution in [1.29, 1.82) is 0 Å². The maximum absolute atomic E-state index is 6.21. The van der Waals surface area contributed by atoms with Gasteiger partial charge in [0.2, 0.25) is 5.71 Å². The van der Waals surface area contributed by atoms with Crippen LogP contribution in [-0.2, 0) is 25.5 Å². The number of nitrogens with zero attached hydrogens (tertiary/aromatic N) is 3. The van der Waals surface area contributed by atoms with Gasteiger partial charge in [-0.15, -0.1) is 54.1 Å². The first-order valence-corrected chi connectivity index (χ1v) is 16.3. The van der Waals surface area contributed by atoms with Crippen LogP contribution in [0.1, 0.15) is 43.2 Å². The van der Waals surface area contributed by atoms with Gasteiger partial charge in [0.05, 0.1) is 5.58 Å². The van der Waals surface area contributed by atoms with Crippen molar-refractivity contribution in [3.8, 4) is 33.6 Å². The average Bonchev–Trinajstić information content (AvgIpc) is 3.46. The number of aromatic nitrogens is 3. The van der Waals surface area contributed by atoms with Crippen molar-refractivity contribution in [2.45, 2.75) is 47.0 Å². The van der Waals surface area contributed by atoms with E-state index in [1.165, 1.54) is 27.5 Å². The first-order valence-electron chi connectivity index (χ1n) is 16.3. The molecule has 0 spiro atoms. The standard InChI is InChI=1S/C32H27N2O.C12H10N.Ir/c1-19-18-33-29(27-8-6-7-25-26-14-9-20(2)34-31(26)35-30(25)27)17-28(19)23-11-10-22-16-24(32(3,4)5)13-12-21(22)15-23;1-10-7-8-12(13-9-10)11-5-3-2-4-6-11;/h6-7,9-18H,1-5H3;2-5,7-9H,1H3;/q2*-1;. The Morgan fingerprint density at radius 3 is 2.22 bits per heavy atom. The Kier molecular flexibility index (Phi) is 9.61. The average molecular weight is 816 g/mol. The number of fused-ring (bicyclic) bond motifs is 4. The second-order valence-corrected chi connectivity index (χ2v) is 13.4. The molecule has 4 aromatic carbocycles. The monoisotopic (exact) mass is 816 g/mol. The fourth-order valence-corrected chi connectivity index (χ4v) is 5.94. The normalized spacial score (nSPS) is 11.3. The maximum Gasteiger partial charge on any atom is 0.216 e. The molecule has 8 rings (SSSR count). The van der Waals surface area contributed by atoms with Crippen LogP contribution in [0.25, 0.3) is 66.5 Å². The van der Waals surface area contributed by atoms with Crippen LogP contribution in [0, 0.1) is 32.9 Å². The summed E-state index contributed by atoms with van der Waals surface area (Å²) in [6, 6.07) is 42.1. The minimum absolute atomic E-state index is 0. The zero-order chi connectivity index (χ0) is 33.4. The summed E-state index contributed by atoms with van der Waals surface area (Å²) in [4.78, 5) is 13.7. The third-order valence-corrected chi connectivity index (χ3v) is 8.71. The smallest absolute Gasteiger partial charge is 0.216 e. The Hall–Kier alpha value is -4.96. The van der Waals surface area contributed by atoms with E-state index in [4.69, 9.17) is 9.40 Å². The molecule has 0 atom stereocenters. The predicted octanol–water partition coefficient (Wildman–Crippen LogP) is 11.4. The summed E-state index contributed by atoms with van der Waals surface area (Å²) in [7, 11) is 0. The van der Waals surface area contributed by atoms with Gasteiger partial charge >= 0.3 is 0 Å². The van der Waals surface area contributed by atoms with Gasteiger partial charge in [0, 0.05) is 43.6 Å². The minimum Gasteiger partial charge on any atom is -0.486 e. The molecule has 0 saturated heterocycles. The van der Waals surface area contributed by atoms with E-state index < -0.39 is 0 Å². The summed E-state index contributed by atoms with van der Waals surface area (Å²) in [5, 5.41) is 4.54. The van der Waals surface area contributed by atoms with E-state index in [0.29, 0.717) is 5.71 Å². The van der Waals surface area contributed by atoms with Crippen LogP contribution in [0.3, 0.4) is 0 Å². The first-order chi connectivity index (χ1) is 23.1. The molecule has 0 bridgehead atoms. The van der Waals surface area contributed by atoms with Crippen LogP contribution < -0.4 is 0 Å². The number of hydrogen-bond acceptors (Lipinski definition) is 4. The largest absolute Gasteiger partial charge is 0.486 e. The van der Waals surface area contributed by atoms with Gasteiger partial charge in [-0.3, -0.25) is 0 Å². The Labute approximate surface area is 301 Å². The number of hydrogen-bond donors (Lipinski definition) is 0. The van der Waals surface area contributed by atoms with Gasteiger partial charge < -0.3 is 14.4 Å². The van der Waals surface area contributed by atoms with Crippen molar-refractivity contribution in [3.63, 3.8) is 0 Å². The zero-order valence-electron chi connectivity index (χ0n) is 28.6. The van der Waals surface area contributed by atoms with Crippen LogP contribution in [0.2, 0.25) is 0 Å². The van der Waals surface area contributed by atoms with Crippen LogP contribution in [0.15, 0.2) is 120 Å². The number of benzene rings is 4. The molecule has 49 heavy (non-hydrogen) atoms. The molecule has 0 aliphatic heterocycles. The summed E-state index contributed by atoms with van der Waals surface area (Å²) in [5.41, 5.74) is 12.2. The Morgan fingerprint density at radius 2 is 1.47 bits per heavy atom. The summed E-state index contributed by atoms with van der Waals surface area (Å²) < 4.78 is 6.21. The molecule has 0 N–H and O–H groups in total. The molecule has 0 aliphatic rings. The van der Waals surface area contributed by atoms with Crippen LogP contribution in [0.5, 0.6) is 0 Å². The minimum atomic E-state index is 0. The molecule has 4 aromatic heterocycles. The second-order valence-electron chi connectivity index (χ2n) is 13.4. The number of pyridine rings is 3. The van der Waals surface area contributed by atoms with E-state index in [-0.39, 0.29) is 25.5 Å². The van der Waals surface area contributed by atoms with Gasteiger partial charge in [0.1, 0.15) is 0 Å². The molecule has 0 aliphatic carbocycles. The van der Waals surface area contributed by atoms with Crippen molar-refractivity contribution in [2.75, 3.05) is 0 Å². The van der Waals surface area contributed by atoms with Crippen molar-refractivity contribution >= 4 is 32.8 Å². The zero-order valence-corrected chi connectivity index (χ0v) is 30.9. The molecule has 5 heteroatoms. The summed E-state index contributed by atoms with van der Waals surface area (Å²) in [6.45, 7) is 12.9. The van der Waals surface area contributed by atoms with Gasteiger partial charge in [-0.1, -0.05) is 80.3 Å². The topological polar surface area (TPSA) is 51.8 Å². The molecule has 4 heterocycles. The molecule has 8 aromatic rings. The quantitative estimate of drug-likeness (QED) is 0.167. The van der Waals surface area contributed by atoms with E-state index >= 15 is 0 Å². The van der Waals surface area contributed by atoms with E-state index in [2.05, 4.69) is 104 Å². The van der Waals surface area contributed by atoms with Gasteiger partial charge in [-0.2, -0.15) is 0 Å². The molecule has 1 radical (unpaired) electrons. The third-order valence-electron chi connectivity index (χ3n) is 8.71. The van der Waals surface area contributed by atoms with Crippen molar-refractivity contribution in [1.82, 2.24) is 15.0 Å². The third kappa shape index (κ3) is 7.10. The van der Waals surface area contributed by atoms with E-state index in [9.17, 15) is 0 Å². The number of furan rings is 1. The fraction of sp³-hybridized carbons (Fsp3) is 0.159. The molecular weight excluding hydrogens is 779 g/mol. The molecule has 4 nitrogen and oxygen atoms in total. The Morgan fingerprint density at radius 1 is 0.673 bits per heavy atom.